The van der Waals surface area contributed by atoms with E-state index < -0.39 is 22.6 Å². The minimum atomic E-state index is -0.682. The highest BCUT2D eigenvalue weighted by molar-refractivity contribution is 6.15. The van der Waals surface area contributed by atoms with Gasteiger partial charge in [-0.3, -0.25) is 14.9 Å². The van der Waals surface area contributed by atoms with Crippen LogP contribution in [-0.2, 0) is 11.8 Å². The van der Waals surface area contributed by atoms with Crippen molar-refractivity contribution in [1.29, 1.82) is 0 Å². The lowest BCUT2D eigenvalue weighted by atomic mass is 10.1. The maximum absolute atomic E-state index is 13.1. The average Bonchev–Trinajstić information content (AvgIpc) is 2.94. The first kappa shape index (κ1) is 19.0. The third-order valence-electron chi connectivity index (χ3n) is 4.21. The highest BCUT2D eigenvalue weighted by atomic mass is 19.1. The number of esters is 1. The van der Waals surface area contributed by atoms with Gasteiger partial charge in [0.05, 0.1) is 22.7 Å². The molecule has 0 saturated carbocycles. The molecule has 0 fully saturated rings. The summed E-state index contributed by atoms with van der Waals surface area (Å²) < 4.78 is 19.7. The van der Waals surface area contributed by atoms with Crippen molar-refractivity contribution in [3.8, 4) is 0 Å². The van der Waals surface area contributed by atoms with Crippen molar-refractivity contribution < 1.29 is 23.6 Å². The lowest BCUT2D eigenvalue weighted by molar-refractivity contribution is -0.384. The number of amides is 1. The number of hydrogen-bond donors (Lipinski definition) is 1. The summed E-state index contributed by atoms with van der Waals surface area (Å²) in [5.74, 6) is -1.77. The van der Waals surface area contributed by atoms with E-state index in [1.54, 1.807) is 14.0 Å². The first-order valence-electron chi connectivity index (χ1n) is 8.34. The van der Waals surface area contributed by atoms with Crippen LogP contribution in [0.2, 0.25) is 0 Å². The molecule has 0 bridgehead atoms. The number of halogens is 1. The molecule has 0 saturated heterocycles. The number of nitro benzene ring substituents is 1. The molecule has 3 aromatic rings. The molecule has 0 radical (unpaired) electrons. The van der Waals surface area contributed by atoms with Crippen LogP contribution in [0.4, 0.5) is 15.8 Å². The number of nitro groups is 1. The van der Waals surface area contributed by atoms with Gasteiger partial charge in [0.25, 0.3) is 11.6 Å². The molecule has 0 aliphatic carbocycles. The van der Waals surface area contributed by atoms with Crippen LogP contribution < -0.4 is 5.32 Å². The topological polar surface area (TPSA) is 103 Å². The summed E-state index contributed by atoms with van der Waals surface area (Å²) in [5.41, 5.74) is 0.620. The summed E-state index contributed by atoms with van der Waals surface area (Å²) in [5, 5.41) is 14.1. The summed E-state index contributed by atoms with van der Waals surface area (Å²) in [4.78, 5) is 35.6. The number of hydrogen-bond acceptors (Lipinski definition) is 5. The van der Waals surface area contributed by atoms with Crippen molar-refractivity contribution in [1.82, 2.24) is 4.57 Å². The first-order chi connectivity index (χ1) is 13.3. The van der Waals surface area contributed by atoms with Crippen molar-refractivity contribution >= 4 is 34.2 Å². The number of ether oxygens (including phenoxy) is 1. The molecule has 0 spiro atoms. The Morgan fingerprint density at radius 1 is 1.21 bits per heavy atom. The van der Waals surface area contributed by atoms with Gasteiger partial charge in [0.15, 0.2) is 5.69 Å². The first-order valence-corrected chi connectivity index (χ1v) is 8.34. The molecule has 1 amide bonds. The lowest BCUT2D eigenvalue weighted by Crippen LogP contribution is -2.17. The maximum Gasteiger partial charge on any atom is 0.357 e. The van der Waals surface area contributed by atoms with E-state index in [-0.39, 0.29) is 29.2 Å². The van der Waals surface area contributed by atoms with E-state index in [4.69, 9.17) is 4.74 Å². The van der Waals surface area contributed by atoms with Gasteiger partial charge in [0, 0.05) is 30.1 Å². The Balaban J connectivity index is 2.16. The summed E-state index contributed by atoms with van der Waals surface area (Å²) >= 11 is 0. The molecule has 8 nitrogen and oxygen atoms in total. The molecule has 1 heterocycles. The smallest absolute Gasteiger partial charge is 0.357 e. The number of rotatable bonds is 5. The summed E-state index contributed by atoms with van der Waals surface area (Å²) in [6.45, 7) is 1.76. The van der Waals surface area contributed by atoms with E-state index >= 15 is 0 Å². The zero-order chi connectivity index (χ0) is 20.4. The Labute approximate surface area is 158 Å². The molecule has 28 heavy (non-hydrogen) atoms. The van der Waals surface area contributed by atoms with Crippen LogP contribution in [0.1, 0.15) is 27.8 Å². The number of carbonyl (C=O) groups excluding carboxylic acids is 2. The van der Waals surface area contributed by atoms with Crippen molar-refractivity contribution in [3.63, 3.8) is 0 Å². The fourth-order valence-electron chi connectivity index (χ4n) is 2.90. The number of non-ortho nitro benzene ring substituents is 1. The zero-order valence-corrected chi connectivity index (χ0v) is 15.1. The number of aromatic nitrogens is 1. The number of aryl methyl sites for hydroxylation is 1. The molecular formula is C19H16FN3O5. The van der Waals surface area contributed by atoms with Crippen LogP contribution in [0, 0.1) is 15.9 Å². The average molecular weight is 385 g/mol. The van der Waals surface area contributed by atoms with Gasteiger partial charge in [0.1, 0.15) is 5.82 Å². The molecule has 2 aromatic carbocycles. The standard InChI is InChI=1S/C19H16FN3O5/c1-3-28-19(25)17-16(21-18(24)11-4-6-12(20)7-5-11)14-10-13(23(26)27)8-9-15(14)22(17)2/h4-10H,3H2,1-2H3,(H,21,24). The van der Waals surface area contributed by atoms with Crippen molar-refractivity contribution in [3.05, 3.63) is 69.7 Å². The van der Waals surface area contributed by atoms with E-state index in [1.807, 2.05) is 0 Å². The number of nitrogens with zero attached hydrogens (tertiary/aromatic N) is 2. The Morgan fingerprint density at radius 3 is 2.50 bits per heavy atom. The molecule has 0 atom stereocenters. The molecule has 0 aliphatic rings. The van der Waals surface area contributed by atoms with Crippen LogP contribution in [0.3, 0.4) is 0 Å². The Kier molecular flexibility index (Phi) is 5.08. The van der Waals surface area contributed by atoms with E-state index in [2.05, 4.69) is 5.32 Å². The molecule has 1 aromatic heterocycles. The van der Waals surface area contributed by atoms with E-state index in [0.29, 0.717) is 10.9 Å². The summed E-state index contributed by atoms with van der Waals surface area (Å²) in [7, 11) is 1.59. The molecule has 144 valence electrons. The van der Waals surface area contributed by atoms with E-state index in [1.165, 1.54) is 34.9 Å². The minimum Gasteiger partial charge on any atom is -0.461 e. The fraction of sp³-hybridized carbons (Fsp3) is 0.158. The summed E-state index contributed by atoms with van der Waals surface area (Å²) in [6.07, 6.45) is 0. The number of fused-ring (bicyclic) bond motifs is 1. The number of benzene rings is 2. The van der Waals surface area contributed by atoms with Gasteiger partial charge in [-0.15, -0.1) is 0 Å². The molecule has 0 unspecified atom stereocenters. The Bertz CT molecular complexity index is 1090. The van der Waals surface area contributed by atoms with Gasteiger partial charge in [-0.25, -0.2) is 9.18 Å². The predicted molar refractivity (Wildman–Crippen MR) is 99.9 cm³/mol. The molecular weight excluding hydrogens is 369 g/mol. The second kappa shape index (κ2) is 7.47. The summed E-state index contributed by atoms with van der Waals surface area (Å²) in [6, 6.07) is 8.93. The number of nitrogens with one attached hydrogen (secondary N) is 1. The predicted octanol–water partition coefficient (Wildman–Crippen LogP) is 3.65. The van der Waals surface area contributed by atoms with Crippen LogP contribution in [0.25, 0.3) is 10.9 Å². The minimum absolute atomic E-state index is 0.0489. The normalized spacial score (nSPS) is 10.7. The SMILES string of the molecule is CCOC(=O)c1c(NC(=O)c2ccc(F)cc2)c2cc([N+](=O)[O-])ccc2n1C. The maximum atomic E-state index is 13.1. The Hall–Kier alpha value is -3.75. The second-order valence-corrected chi connectivity index (χ2v) is 5.92. The van der Waals surface area contributed by atoms with Gasteiger partial charge < -0.3 is 14.6 Å². The number of carbonyl (C=O) groups is 2. The van der Waals surface area contributed by atoms with Gasteiger partial charge in [-0.05, 0) is 37.3 Å². The zero-order valence-electron chi connectivity index (χ0n) is 15.1. The third kappa shape index (κ3) is 3.41. The van der Waals surface area contributed by atoms with Gasteiger partial charge in [-0.1, -0.05) is 0 Å². The van der Waals surface area contributed by atoms with Gasteiger partial charge >= 0.3 is 5.97 Å². The second-order valence-electron chi connectivity index (χ2n) is 5.92. The van der Waals surface area contributed by atoms with Crippen molar-refractivity contribution in [2.75, 3.05) is 11.9 Å². The van der Waals surface area contributed by atoms with Crippen molar-refractivity contribution in [2.24, 2.45) is 7.05 Å². The monoisotopic (exact) mass is 385 g/mol. The van der Waals surface area contributed by atoms with Gasteiger partial charge in [0.2, 0.25) is 0 Å². The Morgan fingerprint density at radius 2 is 1.89 bits per heavy atom. The highest BCUT2D eigenvalue weighted by Gasteiger charge is 2.25. The van der Waals surface area contributed by atoms with Gasteiger partial charge in [-0.2, -0.15) is 0 Å². The third-order valence-corrected chi connectivity index (χ3v) is 4.21. The van der Waals surface area contributed by atoms with Crippen molar-refractivity contribution in [2.45, 2.75) is 6.92 Å². The van der Waals surface area contributed by atoms with E-state index in [0.717, 1.165) is 12.1 Å². The van der Waals surface area contributed by atoms with E-state index in [9.17, 15) is 24.1 Å². The van der Waals surface area contributed by atoms with Crippen LogP contribution >= 0.6 is 0 Å². The molecule has 0 aliphatic heterocycles. The lowest BCUT2D eigenvalue weighted by Gasteiger charge is -2.09. The van der Waals surface area contributed by atoms with Crippen LogP contribution in [-0.4, -0.2) is 28.0 Å². The highest BCUT2D eigenvalue weighted by Crippen LogP contribution is 2.34. The molecule has 9 heteroatoms. The quantitative estimate of drug-likeness (QED) is 0.410. The number of anilines is 1. The fourth-order valence-corrected chi connectivity index (χ4v) is 2.90. The van der Waals surface area contributed by atoms with Crippen LogP contribution in [0.5, 0.6) is 0 Å². The largest absolute Gasteiger partial charge is 0.461 e. The molecule has 3 rings (SSSR count). The molecule has 1 N–H and O–H groups in total. The van der Waals surface area contributed by atoms with Crippen LogP contribution in [0.15, 0.2) is 42.5 Å².